The van der Waals surface area contributed by atoms with Crippen LogP contribution in [0.4, 0.5) is 0 Å². The third-order valence-electron chi connectivity index (χ3n) is 4.34. The summed E-state index contributed by atoms with van der Waals surface area (Å²) in [5, 5.41) is 0. The van der Waals surface area contributed by atoms with Crippen LogP contribution in [0.5, 0.6) is 0 Å². The maximum atomic E-state index is 12.9. The molecule has 0 saturated heterocycles. The zero-order valence-corrected chi connectivity index (χ0v) is 17.3. The molecule has 142 valence electrons. The first-order chi connectivity index (χ1) is 12.9. The Hall–Kier alpha value is -2.47. The Labute approximate surface area is 168 Å². The molecule has 0 radical (unpaired) electrons. The van der Waals surface area contributed by atoms with Crippen molar-refractivity contribution in [3.05, 3.63) is 69.7 Å². The first-order valence-corrected chi connectivity index (χ1v) is 9.60. The fraction of sp³-hybridized carbons (Fsp3) is 0.286. The predicted octanol–water partition coefficient (Wildman–Crippen LogP) is 3.62. The maximum Gasteiger partial charge on any atom is 0.254 e. The van der Waals surface area contributed by atoms with E-state index in [1.165, 1.54) is 4.90 Å². The van der Waals surface area contributed by atoms with Gasteiger partial charge in [-0.15, -0.1) is 0 Å². The van der Waals surface area contributed by atoms with E-state index in [0.29, 0.717) is 29.8 Å². The molecule has 0 aromatic heterocycles. The number of carbonyl (C=O) groups excluding carboxylic acids is 3. The van der Waals surface area contributed by atoms with Gasteiger partial charge in [0.05, 0.1) is 12.1 Å². The molecule has 0 aliphatic carbocycles. The average Bonchev–Trinajstić information content (AvgIpc) is 2.68. The minimum absolute atomic E-state index is 0.0265. The number of rotatable bonds is 7. The molecule has 0 heterocycles. The number of amides is 2. The van der Waals surface area contributed by atoms with Crippen LogP contribution in [-0.4, -0.2) is 54.1 Å². The van der Waals surface area contributed by atoms with E-state index in [9.17, 15) is 14.4 Å². The van der Waals surface area contributed by atoms with Crippen molar-refractivity contribution in [3.8, 4) is 0 Å². The minimum atomic E-state index is -0.350. The van der Waals surface area contributed by atoms with E-state index in [2.05, 4.69) is 15.9 Å². The standard InChI is InChI=1S/C21H23BrN2O3/c1-4-24(5-2)19(25)14-23(3)21(27)18-9-7-6-8-17(18)20(26)15-10-12-16(22)13-11-15/h6-13H,4-5,14H2,1-3H3. The highest BCUT2D eigenvalue weighted by Gasteiger charge is 2.23. The summed E-state index contributed by atoms with van der Waals surface area (Å²) in [5.41, 5.74) is 1.12. The first-order valence-electron chi connectivity index (χ1n) is 8.81. The molecular formula is C21H23BrN2O3. The Bertz CT molecular complexity index is 830. The Morgan fingerprint density at radius 3 is 2.00 bits per heavy atom. The molecule has 0 bridgehead atoms. The zero-order chi connectivity index (χ0) is 20.0. The third kappa shape index (κ3) is 5.04. The summed E-state index contributed by atoms with van der Waals surface area (Å²) in [5.74, 6) is -0.695. The fourth-order valence-electron chi connectivity index (χ4n) is 2.78. The van der Waals surface area contributed by atoms with Crippen LogP contribution in [0, 0.1) is 0 Å². The van der Waals surface area contributed by atoms with Crippen LogP contribution in [0.15, 0.2) is 53.0 Å². The molecule has 0 fully saturated rings. The quantitative estimate of drug-likeness (QED) is 0.630. The summed E-state index contributed by atoms with van der Waals surface area (Å²) in [6, 6.07) is 13.7. The van der Waals surface area contributed by atoms with Crippen molar-refractivity contribution in [2.24, 2.45) is 0 Å². The number of hydrogen-bond donors (Lipinski definition) is 0. The second kappa shape index (κ2) is 9.46. The number of carbonyl (C=O) groups is 3. The smallest absolute Gasteiger partial charge is 0.254 e. The summed E-state index contributed by atoms with van der Waals surface area (Å²) in [7, 11) is 1.57. The molecule has 2 aromatic rings. The number of nitrogens with zero attached hydrogens (tertiary/aromatic N) is 2. The van der Waals surface area contributed by atoms with Crippen molar-refractivity contribution >= 4 is 33.5 Å². The second-order valence-corrected chi connectivity index (χ2v) is 7.02. The minimum Gasteiger partial charge on any atom is -0.342 e. The van der Waals surface area contributed by atoms with Crippen LogP contribution in [0.3, 0.4) is 0 Å². The molecule has 27 heavy (non-hydrogen) atoms. The Kier molecular flexibility index (Phi) is 7.30. The van der Waals surface area contributed by atoms with Crippen LogP contribution in [0.1, 0.15) is 40.1 Å². The lowest BCUT2D eigenvalue weighted by Crippen LogP contribution is -2.41. The highest BCUT2D eigenvalue weighted by atomic mass is 79.9. The van der Waals surface area contributed by atoms with Crippen LogP contribution in [0.2, 0.25) is 0 Å². The summed E-state index contributed by atoms with van der Waals surface area (Å²) in [6.45, 7) is 4.96. The van der Waals surface area contributed by atoms with Crippen LogP contribution in [0.25, 0.3) is 0 Å². The molecular weight excluding hydrogens is 408 g/mol. The van der Waals surface area contributed by atoms with Gasteiger partial charge < -0.3 is 9.80 Å². The maximum absolute atomic E-state index is 12.9. The second-order valence-electron chi connectivity index (χ2n) is 6.11. The predicted molar refractivity (Wildman–Crippen MR) is 109 cm³/mol. The average molecular weight is 431 g/mol. The highest BCUT2D eigenvalue weighted by molar-refractivity contribution is 9.10. The molecule has 0 N–H and O–H groups in total. The van der Waals surface area contributed by atoms with Crippen LogP contribution >= 0.6 is 15.9 Å². The van der Waals surface area contributed by atoms with Gasteiger partial charge in [0.2, 0.25) is 5.91 Å². The molecule has 0 saturated carbocycles. The number of halogens is 1. The van der Waals surface area contributed by atoms with Crippen molar-refractivity contribution < 1.29 is 14.4 Å². The van der Waals surface area contributed by atoms with Crippen molar-refractivity contribution in [2.75, 3.05) is 26.7 Å². The molecule has 0 spiro atoms. The Morgan fingerprint density at radius 2 is 1.44 bits per heavy atom. The van der Waals surface area contributed by atoms with E-state index in [1.807, 2.05) is 13.8 Å². The third-order valence-corrected chi connectivity index (χ3v) is 4.87. The molecule has 0 aliphatic heterocycles. The van der Waals surface area contributed by atoms with Crippen LogP contribution < -0.4 is 0 Å². The molecule has 2 aromatic carbocycles. The number of hydrogen-bond acceptors (Lipinski definition) is 3. The van der Waals surface area contributed by atoms with Gasteiger partial charge in [-0.25, -0.2) is 0 Å². The Morgan fingerprint density at radius 1 is 0.889 bits per heavy atom. The lowest BCUT2D eigenvalue weighted by molar-refractivity contribution is -0.131. The zero-order valence-electron chi connectivity index (χ0n) is 15.7. The van der Waals surface area contributed by atoms with E-state index < -0.39 is 0 Å². The number of ketones is 1. The van der Waals surface area contributed by atoms with E-state index in [1.54, 1.807) is 60.5 Å². The van der Waals surface area contributed by atoms with Gasteiger partial charge in [-0.2, -0.15) is 0 Å². The van der Waals surface area contributed by atoms with Gasteiger partial charge in [0, 0.05) is 35.7 Å². The van der Waals surface area contributed by atoms with E-state index in [0.717, 1.165) is 4.47 Å². The van der Waals surface area contributed by atoms with Gasteiger partial charge in [-0.3, -0.25) is 14.4 Å². The summed E-state index contributed by atoms with van der Waals surface area (Å²) < 4.78 is 0.873. The molecule has 2 amide bonds. The molecule has 6 heteroatoms. The van der Waals surface area contributed by atoms with E-state index >= 15 is 0 Å². The van der Waals surface area contributed by atoms with Crippen molar-refractivity contribution in [1.29, 1.82) is 0 Å². The van der Waals surface area contributed by atoms with Crippen molar-refractivity contribution in [1.82, 2.24) is 9.80 Å². The number of benzene rings is 2. The van der Waals surface area contributed by atoms with Crippen LogP contribution in [-0.2, 0) is 4.79 Å². The monoisotopic (exact) mass is 430 g/mol. The van der Waals surface area contributed by atoms with Gasteiger partial charge in [0.1, 0.15) is 0 Å². The van der Waals surface area contributed by atoms with Gasteiger partial charge in [0.25, 0.3) is 5.91 Å². The molecule has 0 aliphatic rings. The van der Waals surface area contributed by atoms with E-state index in [-0.39, 0.29) is 24.1 Å². The summed E-state index contributed by atoms with van der Waals surface area (Å²) >= 11 is 3.35. The number of likely N-dealkylation sites (N-methyl/N-ethyl adjacent to an activating group) is 2. The van der Waals surface area contributed by atoms with Crippen molar-refractivity contribution in [3.63, 3.8) is 0 Å². The SMILES string of the molecule is CCN(CC)C(=O)CN(C)C(=O)c1ccccc1C(=O)c1ccc(Br)cc1. The van der Waals surface area contributed by atoms with Gasteiger partial charge in [0.15, 0.2) is 5.78 Å². The molecule has 5 nitrogen and oxygen atoms in total. The molecule has 0 unspecified atom stereocenters. The fourth-order valence-corrected chi connectivity index (χ4v) is 3.05. The van der Waals surface area contributed by atoms with Gasteiger partial charge in [-0.1, -0.05) is 34.1 Å². The topological polar surface area (TPSA) is 57.7 Å². The first kappa shape index (κ1) is 20.8. The van der Waals surface area contributed by atoms with Gasteiger partial charge >= 0.3 is 0 Å². The normalized spacial score (nSPS) is 10.4. The summed E-state index contributed by atoms with van der Waals surface area (Å²) in [6.07, 6.45) is 0. The Balaban J connectivity index is 2.26. The lowest BCUT2D eigenvalue weighted by atomic mass is 9.97. The van der Waals surface area contributed by atoms with E-state index in [4.69, 9.17) is 0 Å². The largest absolute Gasteiger partial charge is 0.342 e. The summed E-state index contributed by atoms with van der Waals surface area (Å²) in [4.78, 5) is 41.1. The lowest BCUT2D eigenvalue weighted by Gasteiger charge is -2.23. The van der Waals surface area contributed by atoms with Gasteiger partial charge in [-0.05, 0) is 44.2 Å². The molecule has 0 atom stereocenters. The van der Waals surface area contributed by atoms with Crippen molar-refractivity contribution in [2.45, 2.75) is 13.8 Å². The molecule has 2 rings (SSSR count). The highest BCUT2D eigenvalue weighted by Crippen LogP contribution is 2.18.